The Bertz CT molecular complexity index is 827. The highest BCUT2D eigenvalue weighted by Gasteiger charge is 2.62. The molecule has 164 valence electrons. The van der Waals surface area contributed by atoms with E-state index in [9.17, 15) is 9.18 Å². The molecule has 2 atom stereocenters. The van der Waals surface area contributed by atoms with Crippen molar-refractivity contribution in [1.29, 1.82) is 0 Å². The lowest BCUT2D eigenvalue weighted by molar-refractivity contribution is -0.185. The van der Waals surface area contributed by atoms with Gasteiger partial charge in [0.05, 0.1) is 32.0 Å². The number of halogens is 1. The molecule has 0 aromatic heterocycles. The quantitative estimate of drug-likeness (QED) is 0.594. The van der Waals surface area contributed by atoms with Crippen molar-refractivity contribution < 1.29 is 28.1 Å². The minimum atomic E-state index is -0.593. The Morgan fingerprint density at radius 1 is 1.20 bits per heavy atom. The molecule has 1 aromatic rings. The summed E-state index contributed by atoms with van der Waals surface area (Å²) >= 11 is 0. The molecule has 3 saturated carbocycles. The van der Waals surface area contributed by atoms with Crippen LogP contribution in [0.3, 0.4) is 0 Å². The number of ether oxygens (including phenoxy) is 4. The van der Waals surface area contributed by atoms with Gasteiger partial charge in [0.15, 0.2) is 5.79 Å². The van der Waals surface area contributed by atoms with Gasteiger partial charge < -0.3 is 18.9 Å². The van der Waals surface area contributed by atoms with Crippen LogP contribution in [0.5, 0.6) is 5.75 Å². The molecular formula is C24H31FO5. The molecule has 30 heavy (non-hydrogen) atoms. The van der Waals surface area contributed by atoms with Crippen LogP contribution in [0.1, 0.15) is 74.2 Å². The maximum atomic E-state index is 14.7. The normalized spacial score (nSPS) is 29.1. The summed E-state index contributed by atoms with van der Waals surface area (Å²) in [5.74, 6) is 0.164. The molecule has 1 aromatic carbocycles. The standard InChI is InChI=1S/C24H31FO5/c1-15(2)13-27-22(26)19-9-18(16-3-4-16)21(10-20(19)25)28-14-23-5-6-24(12-17(23)11-23)29-7-8-30-24/h9-10,15-17H,3-8,11-14H2,1-2H3. The summed E-state index contributed by atoms with van der Waals surface area (Å²) in [6, 6.07) is 3.05. The number of hydrogen-bond acceptors (Lipinski definition) is 5. The second kappa shape index (κ2) is 7.49. The van der Waals surface area contributed by atoms with Crippen LogP contribution in [0.15, 0.2) is 12.1 Å². The summed E-state index contributed by atoms with van der Waals surface area (Å²) in [4.78, 5) is 12.3. The van der Waals surface area contributed by atoms with E-state index in [4.69, 9.17) is 18.9 Å². The fraction of sp³-hybridized carbons (Fsp3) is 0.708. The lowest BCUT2D eigenvalue weighted by atomic mass is 9.85. The zero-order valence-corrected chi connectivity index (χ0v) is 17.9. The van der Waals surface area contributed by atoms with Gasteiger partial charge in [-0.2, -0.15) is 0 Å². The number of rotatable bonds is 7. The first kappa shape index (κ1) is 20.3. The van der Waals surface area contributed by atoms with Crippen molar-refractivity contribution in [3.63, 3.8) is 0 Å². The van der Waals surface area contributed by atoms with Crippen molar-refractivity contribution >= 4 is 5.97 Å². The molecule has 0 N–H and O–H groups in total. The van der Waals surface area contributed by atoms with E-state index in [2.05, 4.69) is 0 Å². The third-order valence-electron chi connectivity index (χ3n) is 7.13. The van der Waals surface area contributed by atoms with Crippen LogP contribution in [0.2, 0.25) is 0 Å². The second-order valence-corrected chi connectivity index (χ2v) is 10.0. The number of esters is 1. The third-order valence-corrected chi connectivity index (χ3v) is 7.13. The van der Waals surface area contributed by atoms with Crippen molar-refractivity contribution in [2.24, 2.45) is 17.3 Å². The van der Waals surface area contributed by atoms with Gasteiger partial charge in [-0.15, -0.1) is 0 Å². The lowest BCUT2D eigenvalue weighted by Crippen LogP contribution is -2.37. The Kier molecular flexibility index (Phi) is 5.05. The Morgan fingerprint density at radius 3 is 2.63 bits per heavy atom. The molecule has 0 bridgehead atoms. The topological polar surface area (TPSA) is 54.0 Å². The molecule has 5 rings (SSSR count). The summed E-state index contributed by atoms with van der Waals surface area (Å²) in [6.07, 6.45) is 6.06. The Balaban J connectivity index is 1.27. The molecule has 3 aliphatic carbocycles. The van der Waals surface area contributed by atoms with Crippen LogP contribution in [-0.2, 0) is 14.2 Å². The molecule has 1 saturated heterocycles. The van der Waals surface area contributed by atoms with Crippen LogP contribution in [0.25, 0.3) is 0 Å². The van der Waals surface area contributed by atoms with Crippen molar-refractivity contribution in [3.05, 3.63) is 29.1 Å². The number of benzene rings is 1. The van der Waals surface area contributed by atoms with Crippen molar-refractivity contribution in [2.75, 3.05) is 26.4 Å². The molecule has 1 aliphatic heterocycles. The van der Waals surface area contributed by atoms with Crippen LogP contribution in [-0.4, -0.2) is 38.2 Å². The van der Waals surface area contributed by atoms with E-state index >= 15 is 0 Å². The minimum Gasteiger partial charge on any atom is -0.493 e. The smallest absolute Gasteiger partial charge is 0.341 e. The van der Waals surface area contributed by atoms with Crippen LogP contribution in [0.4, 0.5) is 4.39 Å². The molecule has 1 spiro atoms. The minimum absolute atomic E-state index is 0.0162. The summed E-state index contributed by atoms with van der Waals surface area (Å²) in [7, 11) is 0. The largest absolute Gasteiger partial charge is 0.493 e. The zero-order chi connectivity index (χ0) is 20.9. The molecule has 1 heterocycles. The summed E-state index contributed by atoms with van der Waals surface area (Å²) < 4.78 is 38.0. The number of hydrogen-bond donors (Lipinski definition) is 0. The lowest BCUT2D eigenvalue weighted by Gasteiger charge is -2.35. The molecule has 5 nitrogen and oxygen atoms in total. The Morgan fingerprint density at radius 2 is 1.97 bits per heavy atom. The van der Waals surface area contributed by atoms with E-state index in [-0.39, 0.29) is 29.3 Å². The summed E-state index contributed by atoms with van der Waals surface area (Å²) in [5, 5.41) is 0. The van der Waals surface area contributed by atoms with Gasteiger partial charge in [0, 0.05) is 24.3 Å². The van der Waals surface area contributed by atoms with Crippen molar-refractivity contribution in [3.8, 4) is 5.75 Å². The first-order valence-electron chi connectivity index (χ1n) is 11.3. The summed E-state index contributed by atoms with van der Waals surface area (Å²) in [5.41, 5.74) is 1.12. The van der Waals surface area contributed by atoms with Gasteiger partial charge in [0.25, 0.3) is 0 Å². The van der Waals surface area contributed by atoms with E-state index in [0.717, 1.165) is 44.1 Å². The van der Waals surface area contributed by atoms with Crippen LogP contribution < -0.4 is 4.74 Å². The van der Waals surface area contributed by atoms with E-state index in [1.165, 1.54) is 6.07 Å². The van der Waals surface area contributed by atoms with Gasteiger partial charge in [-0.05, 0) is 55.1 Å². The average molecular weight is 419 g/mol. The number of carbonyl (C=O) groups excluding carboxylic acids is 1. The van der Waals surface area contributed by atoms with E-state index in [1.54, 1.807) is 6.07 Å². The van der Waals surface area contributed by atoms with E-state index in [1.807, 2.05) is 13.8 Å². The van der Waals surface area contributed by atoms with E-state index in [0.29, 0.717) is 37.4 Å². The molecule has 6 heteroatoms. The van der Waals surface area contributed by atoms with Gasteiger partial charge in [-0.25, -0.2) is 9.18 Å². The van der Waals surface area contributed by atoms with E-state index < -0.39 is 11.8 Å². The number of carbonyl (C=O) groups is 1. The Hall–Kier alpha value is -1.66. The van der Waals surface area contributed by atoms with Gasteiger partial charge in [0.2, 0.25) is 0 Å². The third kappa shape index (κ3) is 3.84. The second-order valence-electron chi connectivity index (χ2n) is 10.0. The molecule has 4 aliphatic rings. The van der Waals surface area contributed by atoms with Gasteiger partial charge in [-0.1, -0.05) is 13.8 Å². The van der Waals surface area contributed by atoms with Gasteiger partial charge in [-0.3, -0.25) is 0 Å². The molecule has 0 amide bonds. The van der Waals surface area contributed by atoms with Crippen LogP contribution in [0, 0.1) is 23.1 Å². The number of fused-ring (bicyclic) bond motifs is 1. The average Bonchev–Trinajstić information content (AvgIpc) is 3.62. The molecule has 2 unspecified atom stereocenters. The SMILES string of the molecule is CC(C)COC(=O)c1cc(C2CC2)c(OCC23CCC4(CC2C3)OCCO4)cc1F. The molecular weight excluding hydrogens is 387 g/mol. The van der Waals surface area contributed by atoms with Crippen molar-refractivity contribution in [1.82, 2.24) is 0 Å². The fourth-order valence-electron chi connectivity index (χ4n) is 5.06. The Labute approximate surface area is 177 Å². The maximum Gasteiger partial charge on any atom is 0.341 e. The highest BCUT2D eigenvalue weighted by molar-refractivity contribution is 5.90. The zero-order valence-electron chi connectivity index (χ0n) is 17.9. The maximum absolute atomic E-state index is 14.7. The summed E-state index contributed by atoms with van der Waals surface area (Å²) in [6.45, 7) is 6.16. The van der Waals surface area contributed by atoms with Gasteiger partial charge in [0.1, 0.15) is 11.6 Å². The highest BCUT2D eigenvalue weighted by atomic mass is 19.1. The highest BCUT2D eigenvalue weighted by Crippen LogP contribution is 2.64. The van der Waals surface area contributed by atoms with Crippen molar-refractivity contribution in [2.45, 2.75) is 64.1 Å². The van der Waals surface area contributed by atoms with Crippen LogP contribution >= 0.6 is 0 Å². The fourth-order valence-corrected chi connectivity index (χ4v) is 5.06. The molecule has 0 radical (unpaired) electrons. The predicted octanol–water partition coefficient (Wildman–Crippen LogP) is 4.83. The predicted molar refractivity (Wildman–Crippen MR) is 108 cm³/mol. The first-order chi connectivity index (χ1) is 14.4. The van der Waals surface area contributed by atoms with Gasteiger partial charge >= 0.3 is 5.97 Å². The monoisotopic (exact) mass is 418 g/mol. The first-order valence-corrected chi connectivity index (χ1v) is 11.3. The molecule has 4 fully saturated rings.